The molecule has 2 saturated heterocycles. The van der Waals surface area contributed by atoms with E-state index in [0.29, 0.717) is 11.8 Å². The number of ether oxygens (including phenoxy) is 2. The summed E-state index contributed by atoms with van der Waals surface area (Å²) in [6.07, 6.45) is 2.45. The van der Waals surface area contributed by atoms with E-state index >= 15 is 0 Å². The minimum atomic E-state index is 0.199. The Morgan fingerprint density at radius 3 is 1.25 bits per heavy atom. The molecule has 2 heterocycles. The molecule has 0 bridgehead atoms. The number of alkyl halides is 2. The molecular formula is C34H52Cl2N2O2. The largest absolute Gasteiger partial charge is 0.492 e. The molecule has 2 aromatic rings. The minimum absolute atomic E-state index is 0.199. The summed E-state index contributed by atoms with van der Waals surface area (Å²) in [6, 6.07) is 16.9. The van der Waals surface area contributed by atoms with E-state index < -0.39 is 0 Å². The molecule has 4 nitrogen and oxygen atoms in total. The Bertz CT molecular complexity index is 901. The van der Waals surface area contributed by atoms with Crippen LogP contribution in [0.25, 0.3) is 0 Å². The Kier molecular flexibility index (Phi) is 13.0. The van der Waals surface area contributed by atoms with Gasteiger partial charge in [-0.3, -0.25) is 9.80 Å². The number of likely N-dealkylation sites (tertiary alicyclic amines) is 2. The van der Waals surface area contributed by atoms with Gasteiger partial charge in [0.25, 0.3) is 0 Å². The van der Waals surface area contributed by atoms with Crippen LogP contribution in [-0.4, -0.2) is 74.0 Å². The van der Waals surface area contributed by atoms with Crippen molar-refractivity contribution in [2.24, 2.45) is 11.8 Å². The van der Waals surface area contributed by atoms with Crippen LogP contribution in [0.2, 0.25) is 0 Å². The minimum Gasteiger partial charge on any atom is -0.492 e. The van der Waals surface area contributed by atoms with E-state index in [9.17, 15) is 0 Å². The predicted molar refractivity (Wildman–Crippen MR) is 172 cm³/mol. The topological polar surface area (TPSA) is 24.9 Å². The summed E-state index contributed by atoms with van der Waals surface area (Å²) in [7, 11) is 0. The Balaban J connectivity index is 0.000000220. The van der Waals surface area contributed by atoms with Crippen LogP contribution >= 0.6 is 23.2 Å². The second-order valence-corrected chi connectivity index (χ2v) is 14.1. The summed E-state index contributed by atoms with van der Waals surface area (Å²) in [4.78, 5) is 4.88. The van der Waals surface area contributed by atoms with E-state index in [1.165, 1.54) is 24.0 Å². The van der Waals surface area contributed by atoms with Crippen molar-refractivity contribution in [3.8, 4) is 11.5 Å². The Morgan fingerprint density at radius 2 is 0.975 bits per heavy atom. The molecule has 6 heteroatoms. The molecule has 0 radical (unpaired) electrons. The Hall–Kier alpha value is -1.46. The van der Waals surface area contributed by atoms with E-state index in [1.54, 1.807) is 0 Å². The van der Waals surface area contributed by atoms with Gasteiger partial charge in [-0.15, -0.1) is 23.2 Å². The standard InChI is InChI=1S/2C17H26ClNO/c2*1-17(2,3)15-4-6-16(7-5-15)20-11-10-19-9-8-14(12-18)13-19/h2*4-7,14H,8-13H2,1-3H3/t14-;/m0./s1. The first-order chi connectivity index (χ1) is 19.0. The molecule has 2 aromatic carbocycles. The van der Waals surface area contributed by atoms with Crippen molar-refractivity contribution in [2.45, 2.75) is 65.2 Å². The molecule has 2 fully saturated rings. The average Bonchev–Trinajstić information content (AvgIpc) is 3.58. The number of nitrogens with zero attached hydrogens (tertiary/aromatic N) is 2. The quantitative estimate of drug-likeness (QED) is 0.263. The second-order valence-electron chi connectivity index (χ2n) is 13.5. The fourth-order valence-electron chi connectivity index (χ4n) is 5.17. The first-order valence-corrected chi connectivity index (χ1v) is 16.1. The molecule has 0 spiro atoms. The van der Waals surface area contributed by atoms with E-state index in [1.807, 2.05) is 0 Å². The van der Waals surface area contributed by atoms with Crippen molar-refractivity contribution >= 4 is 23.2 Å². The van der Waals surface area contributed by atoms with Gasteiger partial charge in [0.2, 0.25) is 0 Å². The van der Waals surface area contributed by atoms with Crippen molar-refractivity contribution in [1.82, 2.24) is 9.80 Å². The fraction of sp³-hybridized carbons (Fsp3) is 0.647. The van der Waals surface area contributed by atoms with Gasteiger partial charge in [0.15, 0.2) is 0 Å². The van der Waals surface area contributed by atoms with Crippen molar-refractivity contribution in [2.75, 3.05) is 64.2 Å². The third kappa shape index (κ3) is 11.1. The lowest BCUT2D eigenvalue weighted by atomic mass is 9.87. The van der Waals surface area contributed by atoms with Crippen LogP contribution in [0.15, 0.2) is 48.5 Å². The molecule has 2 atom stereocenters. The molecule has 2 aliphatic rings. The molecule has 224 valence electrons. The van der Waals surface area contributed by atoms with Crippen LogP contribution in [-0.2, 0) is 10.8 Å². The van der Waals surface area contributed by atoms with Crippen molar-refractivity contribution < 1.29 is 9.47 Å². The van der Waals surface area contributed by atoms with Crippen LogP contribution < -0.4 is 9.47 Å². The summed E-state index contributed by atoms with van der Waals surface area (Å²) in [5.41, 5.74) is 3.08. The maximum atomic E-state index is 5.90. The number of rotatable bonds is 10. The monoisotopic (exact) mass is 590 g/mol. The summed E-state index contributed by atoms with van der Waals surface area (Å²) in [5.74, 6) is 4.83. The highest BCUT2D eigenvalue weighted by Crippen LogP contribution is 2.25. The van der Waals surface area contributed by atoms with Gasteiger partial charge in [0.1, 0.15) is 24.7 Å². The highest BCUT2D eigenvalue weighted by atomic mass is 35.5. The van der Waals surface area contributed by atoms with Gasteiger partial charge in [-0.1, -0.05) is 65.8 Å². The van der Waals surface area contributed by atoms with Gasteiger partial charge in [0.05, 0.1) is 0 Å². The Morgan fingerprint density at radius 1 is 0.625 bits per heavy atom. The lowest BCUT2D eigenvalue weighted by molar-refractivity contribution is 0.234. The first-order valence-electron chi connectivity index (χ1n) is 15.0. The third-order valence-corrected chi connectivity index (χ3v) is 8.84. The summed E-state index contributed by atoms with van der Waals surface area (Å²) in [5, 5.41) is 0. The number of hydrogen-bond donors (Lipinski definition) is 0. The van der Waals surface area contributed by atoms with Crippen LogP contribution in [0.4, 0.5) is 0 Å². The lowest BCUT2D eigenvalue weighted by Gasteiger charge is -2.19. The number of halogens is 2. The molecule has 2 aliphatic heterocycles. The van der Waals surface area contributed by atoms with Gasteiger partial charge in [-0.05, 0) is 84.0 Å². The van der Waals surface area contributed by atoms with Crippen LogP contribution in [0.3, 0.4) is 0 Å². The number of hydrogen-bond acceptors (Lipinski definition) is 4. The first kappa shape index (κ1) is 33.0. The smallest absolute Gasteiger partial charge is 0.119 e. The maximum absolute atomic E-state index is 5.90. The van der Waals surface area contributed by atoms with E-state index in [2.05, 4.69) is 99.9 Å². The lowest BCUT2D eigenvalue weighted by Crippen LogP contribution is -2.26. The van der Waals surface area contributed by atoms with Crippen LogP contribution in [0.5, 0.6) is 11.5 Å². The van der Waals surface area contributed by atoms with Crippen LogP contribution in [0, 0.1) is 11.8 Å². The van der Waals surface area contributed by atoms with Gasteiger partial charge < -0.3 is 9.47 Å². The van der Waals surface area contributed by atoms with Gasteiger partial charge in [0, 0.05) is 37.9 Å². The number of benzene rings is 2. The molecule has 0 aliphatic carbocycles. The molecule has 0 N–H and O–H groups in total. The zero-order valence-electron chi connectivity index (χ0n) is 25.7. The SMILES string of the molecule is CC(C)(C)c1ccc(OCCN2CCC(CCl)C2)cc1.CC(C)(C)c1ccc(OCCN2CC[C@@H](CCl)C2)cc1. The van der Waals surface area contributed by atoms with Crippen molar-refractivity contribution in [1.29, 1.82) is 0 Å². The highest BCUT2D eigenvalue weighted by molar-refractivity contribution is 6.18. The second kappa shape index (κ2) is 15.7. The molecule has 1 unspecified atom stereocenters. The van der Waals surface area contributed by atoms with Gasteiger partial charge >= 0.3 is 0 Å². The van der Waals surface area contributed by atoms with Crippen LogP contribution in [0.1, 0.15) is 65.5 Å². The van der Waals surface area contributed by atoms with Crippen molar-refractivity contribution in [3.05, 3.63) is 59.7 Å². The zero-order chi connectivity index (χ0) is 29.2. The molecule has 0 aromatic heterocycles. The molecule has 40 heavy (non-hydrogen) atoms. The summed E-state index contributed by atoms with van der Waals surface area (Å²) >= 11 is 11.8. The third-order valence-electron chi connectivity index (χ3n) is 7.97. The molecule has 0 amide bonds. The molecule has 0 saturated carbocycles. The summed E-state index contributed by atoms with van der Waals surface area (Å²) < 4.78 is 11.7. The van der Waals surface area contributed by atoms with Crippen molar-refractivity contribution in [3.63, 3.8) is 0 Å². The summed E-state index contributed by atoms with van der Waals surface area (Å²) in [6.45, 7) is 21.4. The normalized spacial score (nSPS) is 20.3. The maximum Gasteiger partial charge on any atom is 0.119 e. The highest BCUT2D eigenvalue weighted by Gasteiger charge is 2.22. The average molecular weight is 592 g/mol. The van der Waals surface area contributed by atoms with E-state index in [4.69, 9.17) is 32.7 Å². The van der Waals surface area contributed by atoms with Gasteiger partial charge in [-0.2, -0.15) is 0 Å². The van der Waals surface area contributed by atoms with Gasteiger partial charge in [-0.25, -0.2) is 0 Å². The molecular weight excluding hydrogens is 539 g/mol. The fourth-order valence-corrected chi connectivity index (χ4v) is 5.68. The predicted octanol–water partition coefficient (Wildman–Crippen LogP) is 7.85. The molecule has 4 rings (SSSR count). The van der Waals surface area contributed by atoms with E-state index in [-0.39, 0.29) is 10.8 Å². The van der Waals surface area contributed by atoms with E-state index in [0.717, 1.165) is 75.7 Å². The Labute approximate surface area is 254 Å². The zero-order valence-corrected chi connectivity index (χ0v) is 27.2.